The van der Waals surface area contributed by atoms with Gasteiger partial charge in [0.05, 0.1) is 28.7 Å². The van der Waals surface area contributed by atoms with Gasteiger partial charge in [0.25, 0.3) is 5.56 Å². The molecule has 31 heavy (non-hydrogen) atoms. The van der Waals surface area contributed by atoms with Gasteiger partial charge < -0.3 is 9.47 Å². The predicted octanol–water partition coefficient (Wildman–Crippen LogP) is 5.12. The molecule has 3 rings (SSSR count). The van der Waals surface area contributed by atoms with Crippen LogP contribution in [0.15, 0.2) is 49.2 Å². The third-order valence-corrected chi connectivity index (χ3v) is 5.44. The number of hydrogen-bond donors (Lipinski definition) is 0. The van der Waals surface area contributed by atoms with Gasteiger partial charge in [-0.15, -0.1) is 6.42 Å². The van der Waals surface area contributed by atoms with Crippen molar-refractivity contribution in [3.8, 4) is 23.8 Å². The Bertz CT molecular complexity index is 1270. The molecule has 0 N–H and O–H groups in total. The summed E-state index contributed by atoms with van der Waals surface area (Å²) in [6.45, 7) is 6.08. The summed E-state index contributed by atoms with van der Waals surface area (Å²) in [4.78, 5) is 18.0. The fraction of sp³-hybridized carbons (Fsp3) is 0.261. The molecular formula is C23H21Br2N3O3. The van der Waals surface area contributed by atoms with Gasteiger partial charge in [-0.2, -0.15) is 9.78 Å². The molecule has 0 fully saturated rings. The second kappa shape index (κ2) is 9.25. The first-order valence-electron chi connectivity index (χ1n) is 9.36. The van der Waals surface area contributed by atoms with Crippen LogP contribution in [0.1, 0.15) is 32.2 Å². The zero-order valence-electron chi connectivity index (χ0n) is 17.6. The van der Waals surface area contributed by atoms with E-state index in [2.05, 4.69) is 42.9 Å². The summed E-state index contributed by atoms with van der Waals surface area (Å²) in [6, 6.07) is 9.00. The summed E-state index contributed by atoms with van der Waals surface area (Å²) in [7, 11) is 1.54. The molecule has 1 aromatic heterocycles. The van der Waals surface area contributed by atoms with E-state index < -0.39 is 5.41 Å². The van der Waals surface area contributed by atoms with E-state index in [9.17, 15) is 4.79 Å². The van der Waals surface area contributed by atoms with Crippen molar-refractivity contribution in [2.75, 3.05) is 13.7 Å². The number of nitrogens with zero attached hydrogens (tertiary/aromatic N) is 3. The average molecular weight is 547 g/mol. The van der Waals surface area contributed by atoms with Crippen molar-refractivity contribution in [1.82, 2.24) is 9.66 Å². The maximum absolute atomic E-state index is 13.2. The first kappa shape index (κ1) is 23.0. The summed E-state index contributed by atoms with van der Waals surface area (Å²) in [5.74, 6) is 3.98. The van der Waals surface area contributed by atoms with Crippen molar-refractivity contribution in [3.05, 3.63) is 61.0 Å². The van der Waals surface area contributed by atoms with E-state index in [4.69, 9.17) is 20.9 Å². The Morgan fingerprint density at radius 3 is 2.65 bits per heavy atom. The number of halogens is 2. The minimum absolute atomic E-state index is 0.116. The largest absolute Gasteiger partial charge is 0.493 e. The molecule has 1 heterocycles. The molecule has 0 atom stereocenters. The van der Waals surface area contributed by atoms with Crippen molar-refractivity contribution in [3.63, 3.8) is 0 Å². The number of ether oxygens (including phenoxy) is 2. The van der Waals surface area contributed by atoms with Crippen molar-refractivity contribution in [2.45, 2.75) is 26.2 Å². The van der Waals surface area contributed by atoms with Gasteiger partial charge in [0.15, 0.2) is 11.5 Å². The average Bonchev–Trinajstić information content (AvgIpc) is 2.71. The highest BCUT2D eigenvalue weighted by atomic mass is 79.9. The van der Waals surface area contributed by atoms with Crippen LogP contribution >= 0.6 is 31.9 Å². The number of terminal acetylenes is 1. The lowest BCUT2D eigenvalue weighted by molar-refractivity contribution is 0.329. The van der Waals surface area contributed by atoms with Crippen molar-refractivity contribution >= 4 is 49.0 Å². The quantitative estimate of drug-likeness (QED) is 0.329. The molecule has 0 saturated heterocycles. The standard InChI is InChI=1S/C23H21Br2N3O3/c1-6-9-31-20-17(25)10-14(11-19(20)30-5)13-26-28-21(29)16-12-15(24)7-8-18(16)27-22(28)23(2,3)4/h1,7-8,10-13H,9H2,2-5H3. The van der Waals surface area contributed by atoms with E-state index in [-0.39, 0.29) is 12.2 Å². The maximum atomic E-state index is 13.2. The molecule has 0 amide bonds. The van der Waals surface area contributed by atoms with Gasteiger partial charge in [0, 0.05) is 9.89 Å². The lowest BCUT2D eigenvalue weighted by Crippen LogP contribution is -2.29. The van der Waals surface area contributed by atoms with Gasteiger partial charge in [0.1, 0.15) is 12.4 Å². The Hall–Kier alpha value is -2.63. The van der Waals surface area contributed by atoms with Crippen molar-refractivity contribution in [2.24, 2.45) is 5.10 Å². The lowest BCUT2D eigenvalue weighted by Gasteiger charge is -2.21. The highest BCUT2D eigenvalue weighted by molar-refractivity contribution is 9.10. The summed E-state index contributed by atoms with van der Waals surface area (Å²) in [5, 5.41) is 4.97. The normalized spacial score (nSPS) is 11.6. The summed E-state index contributed by atoms with van der Waals surface area (Å²) in [6.07, 6.45) is 6.86. The second-order valence-electron chi connectivity index (χ2n) is 7.74. The third kappa shape index (κ3) is 5.00. The number of methoxy groups -OCH3 is 1. The highest BCUT2D eigenvalue weighted by Crippen LogP contribution is 2.36. The number of fused-ring (bicyclic) bond motifs is 1. The topological polar surface area (TPSA) is 65.7 Å². The Morgan fingerprint density at radius 1 is 1.26 bits per heavy atom. The Morgan fingerprint density at radius 2 is 2.00 bits per heavy atom. The maximum Gasteiger partial charge on any atom is 0.282 e. The van der Waals surface area contributed by atoms with Gasteiger partial charge >= 0.3 is 0 Å². The van der Waals surface area contributed by atoms with Crippen LogP contribution < -0.4 is 15.0 Å². The van der Waals surface area contributed by atoms with Gasteiger partial charge in [-0.25, -0.2) is 4.98 Å². The van der Waals surface area contributed by atoms with E-state index in [0.29, 0.717) is 38.3 Å². The van der Waals surface area contributed by atoms with E-state index in [1.807, 2.05) is 39.0 Å². The molecule has 0 spiro atoms. The molecule has 0 saturated carbocycles. The molecule has 0 bridgehead atoms. The first-order valence-corrected chi connectivity index (χ1v) is 10.9. The summed E-state index contributed by atoms with van der Waals surface area (Å²) in [5.41, 5.74) is 0.692. The van der Waals surface area contributed by atoms with E-state index >= 15 is 0 Å². The molecular weight excluding hydrogens is 526 g/mol. The Labute approximate surface area is 197 Å². The van der Waals surface area contributed by atoms with Crippen molar-refractivity contribution < 1.29 is 9.47 Å². The fourth-order valence-corrected chi connectivity index (χ4v) is 3.87. The van der Waals surface area contributed by atoms with Gasteiger partial charge in [-0.3, -0.25) is 4.79 Å². The molecule has 0 aliphatic heterocycles. The van der Waals surface area contributed by atoms with Gasteiger partial charge in [-0.1, -0.05) is 42.6 Å². The van der Waals surface area contributed by atoms with Crippen LogP contribution in [0.5, 0.6) is 11.5 Å². The minimum Gasteiger partial charge on any atom is -0.493 e. The SMILES string of the molecule is C#CCOc1c(Br)cc(C=Nn2c(C(C)(C)C)nc3ccc(Br)cc3c2=O)cc1OC. The molecule has 3 aromatic rings. The van der Waals surface area contributed by atoms with Crippen LogP contribution in [0.25, 0.3) is 10.9 Å². The molecule has 0 radical (unpaired) electrons. The van der Waals surface area contributed by atoms with Crippen LogP contribution in [0.3, 0.4) is 0 Å². The number of benzene rings is 2. The highest BCUT2D eigenvalue weighted by Gasteiger charge is 2.23. The third-order valence-electron chi connectivity index (χ3n) is 4.35. The Balaban J connectivity index is 2.15. The molecule has 2 aromatic carbocycles. The lowest BCUT2D eigenvalue weighted by atomic mass is 9.95. The summed E-state index contributed by atoms with van der Waals surface area (Å²) < 4.78 is 13.8. The number of hydrogen-bond acceptors (Lipinski definition) is 5. The van der Waals surface area contributed by atoms with Crippen molar-refractivity contribution in [1.29, 1.82) is 0 Å². The zero-order valence-corrected chi connectivity index (χ0v) is 20.7. The van der Waals surface area contributed by atoms with Crippen LogP contribution in [0.2, 0.25) is 0 Å². The number of rotatable bonds is 5. The minimum atomic E-state index is -0.400. The molecule has 0 unspecified atom stereocenters. The fourth-order valence-electron chi connectivity index (χ4n) is 2.93. The van der Waals surface area contributed by atoms with Crippen LogP contribution in [-0.4, -0.2) is 29.6 Å². The van der Waals surface area contributed by atoms with Crippen LogP contribution in [0.4, 0.5) is 0 Å². The van der Waals surface area contributed by atoms with Gasteiger partial charge in [0.2, 0.25) is 0 Å². The smallest absolute Gasteiger partial charge is 0.282 e. The van der Waals surface area contributed by atoms with Gasteiger partial charge in [-0.05, 0) is 51.8 Å². The molecule has 0 aliphatic carbocycles. The molecule has 0 aliphatic rings. The number of aromatic nitrogens is 2. The monoisotopic (exact) mass is 545 g/mol. The first-order chi connectivity index (χ1) is 14.7. The molecule has 8 heteroatoms. The molecule has 6 nitrogen and oxygen atoms in total. The van der Waals surface area contributed by atoms with Crippen LogP contribution in [0, 0.1) is 12.3 Å². The van der Waals surface area contributed by atoms with E-state index in [1.165, 1.54) is 4.68 Å². The predicted molar refractivity (Wildman–Crippen MR) is 130 cm³/mol. The van der Waals surface area contributed by atoms with E-state index in [1.54, 1.807) is 25.5 Å². The Kier molecular flexibility index (Phi) is 6.87. The zero-order chi connectivity index (χ0) is 22.8. The van der Waals surface area contributed by atoms with E-state index in [0.717, 1.165) is 4.47 Å². The summed E-state index contributed by atoms with van der Waals surface area (Å²) >= 11 is 6.89. The van der Waals surface area contributed by atoms with Crippen LogP contribution in [-0.2, 0) is 5.41 Å². The second-order valence-corrected chi connectivity index (χ2v) is 9.51. The molecule has 160 valence electrons.